The van der Waals surface area contributed by atoms with Gasteiger partial charge in [0.05, 0.1) is 5.75 Å². The van der Waals surface area contributed by atoms with Gasteiger partial charge in [0.2, 0.25) is 10.0 Å². The number of nitrogens with zero attached hydrogens (tertiary/aromatic N) is 1. The molecule has 1 unspecified atom stereocenters. The molecular formula is C13H21ClN2O2S. The first kappa shape index (κ1) is 16.4. The molecule has 0 aromatic heterocycles. The van der Waals surface area contributed by atoms with Crippen molar-refractivity contribution in [1.29, 1.82) is 0 Å². The molecule has 0 aliphatic carbocycles. The van der Waals surface area contributed by atoms with Crippen molar-refractivity contribution >= 4 is 22.4 Å². The van der Waals surface area contributed by atoms with Gasteiger partial charge in [-0.15, -0.1) is 12.4 Å². The Balaban J connectivity index is 0.00000180. The second-order valence-corrected chi connectivity index (χ2v) is 6.90. The van der Waals surface area contributed by atoms with Crippen LogP contribution in [0.25, 0.3) is 0 Å². The minimum Gasteiger partial charge on any atom is -0.327 e. The van der Waals surface area contributed by atoms with E-state index < -0.39 is 10.0 Å². The molecule has 0 bridgehead atoms. The highest BCUT2D eigenvalue weighted by atomic mass is 35.5. The minimum atomic E-state index is -3.16. The van der Waals surface area contributed by atoms with Gasteiger partial charge in [0.15, 0.2) is 0 Å². The smallest absolute Gasteiger partial charge is 0.214 e. The molecule has 1 heterocycles. The van der Waals surface area contributed by atoms with Crippen LogP contribution < -0.4 is 5.73 Å². The largest absolute Gasteiger partial charge is 0.327 e. The molecule has 0 amide bonds. The van der Waals surface area contributed by atoms with E-state index in [2.05, 4.69) is 0 Å². The van der Waals surface area contributed by atoms with E-state index in [0.29, 0.717) is 19.5 Å². The number of hydrogen-bond donors (Lipinski definition) is 1. The van der Waals surface area contributed by atoms with Crippen molar-refractivity contribution in [2.75, 3.05) is 18.8 Å². The van der Waals surface area contributed by atoms with Crippen LogP contribution in [-0.2, 0) is 16.4 Å². The lowest BCUT2D eigenvalue weighted by molar-refractivity contribution is 0.316. The van der Waals surface area contributed by atoms with Crippen LogP contribution in [-0.4, -0.2) is 37.6 Å². The highest BCUT2D eigenvalue weighted by Gasteiger charge is 2.26. The lowest BCUT2D eigenvalue weighted by Crippen LogP contribution is -2.46. The molecule has 0 saturated carbocycles. The molecule has 0 spiro atoms. The summed E-state index contributed by atoms with van der Waals surface area (Å²) in [6.07, 6.45) is 2.35. The topological polar surface area (TPSA) is 63.4 Å². The standard InChI is InChI=1S/C13H20N2O2S.ClH/c14-13-7-4-9-15(11-13)18(16,17)10-8-12-5-2-1-3-6-12;/h1-3,5-6,13H,4,7-11,14H2;1H. The van der Waals surface area contributed by atoms with Gasteiger partial charge in [0, 0.05) is 19.1 Å². The molecule has 6 heteroatoms. The van der Waals surface area contributed by atoms with E-state index in [-0.39, 0.29) is 24.2 Å². The van der Waals surface area contributed by atoms with Crippen LogP contribution in [0, 0.1) is 0 Å². The predicted octanol–water partition coefficient (Wildman–Crippen LogP) is 1.40. The van der Waals surface area contributed by atoms with Gasteiger partial charge in [0.1, 0.15) is 0 Å². The molecule has 2 rings (SSSR count). The van der Waals surface area contributed by atoms with E-state index in [1.54, 1.807) is 4.31 Å². The van der Waals surface area contributed by atoms with Crippen molar-refractivity contribution in [3.63, 3.8) is 0 Å². The Hall–Kier alpha value is -0.620. The second kappa shape index (κ2) is 7.24. The quantitative estimate of drug-likeness (QED) is 0.914. The monoisotopic (exact) mass is 304 g/mol. The maximum atomic E-state index is 12.2. The molecule has 1 aliphatic rings. The van der Waals surface area contributed by atoms with Gasteiger partial charge in [0.25, 0.3) is 0 Å². The lowest BCUT2D eigenvalue weighted by atomic mass is 10.1. The Morgan fingerprint density at radius 3 is 2.58 bits per heavy atom. The molecule has 0 radical (unpaired) electrons. The van der Waals surface area contributed by atoms with E-state index >= 15 is 0 Å². The van der Waals surface area contributed by atoms with Gasteiger partial charge in [-0.1, -0.05) is 30.3 Å². The van der Waals surface area contributed by atoms with Gasteiger partial charge in [-0.2, -0.15) is 0 Å². The molecule has 108 valence electrons. The summed E-state index contributed by atoms with van der Waals surface area (Å²) in [4.78, 5) is 0. The molecule has 1 aromatic carbocycles. The average molecular weight is 305 g/mol. The van der Waals surface area contributed by atoms with Crippen molar-refractivity contribution in [2.45, 2.75) is 25.3 Å². The molecule has 1 saturated heterocycles. The number of hydrogen-bond acceptors (Lipinski definition) is 3. The third-order valence-corrected chi connectivity index (χ3v) is 5.14. The van der Waals surface area contributed by atoms with E-state index in [1.165, 1.54) is 0 Å². The molecule has 4 nitrogen and oxygen atoms in total. The molecule has 2 N–H and O–H groups in total. The Kier molecular flexibility index (Phi) is 6.26. The van der Waals surface area contributed by atoms with E-state index in [9.17, 15) is 8.42 Å². The molecule has 19 heavy (non-hydrogen) atoms. The van der Waals surface area contributed by atoms with Crippen molar-refractivity contribution in [1.82, 2.24) is 4.31 Å². The van der Waals surface area contributed by atoms with Gasteiger partial charge >= 0.3 is 0 Å². The summed E-state index contributed by atoms with van der Waals surface area (Å²) in [6, 6.07) is 9.69. The first-order valence-corrected chi connectivity index (χ1v) is 7.96. The van der Waals surface area contributed by atoms with Crippen LogP contribution in [0.3, 0.4) is 0 Å². The van der Waals surface area contributed by atoms with Crippen LogP contribution in [0.2, 0.25) is 0 Å². The highest BCUT2D eigenvalue weighted by Crippen LogP contribution is 2.14. The fourth-order valence-corrected chi connectivity index (χ4v) is 3.82. The predicted molar refractivity (Wildman–Crippen MR) is 80.0 cm³/mol. The second-order valence-electron chi connectivity index (χ2n) is 4.81. The van der Waals surface area contributed by atoms with Crippen molar-refractivity contribution in [2.24, 2.45) is 5.73 Å². The number of rotatable bonds is 4. The average Bonchev–Trinajstić information content (AvgIpc) is 2.38. The van der Waals surface area contributed by atoms with Gasteiger partial charge in [-0.3, -0.25) is 0 Å². The fraction of sp³-hybridized carbons (Fsp3) is 0.538. The number of benzene rings is 1. The van der Waals surface area contributed by atoms with Crippen LogP contribution in [0.15, 0.2) is 30.3 Å². The summed E-state index contributed by atoms with van der Waals surface area (Å²) < 4.78 is 25.9. The highest BCUT2D eigenvalue weighted by molar-refractivity contribution is 7.89. The normalized spacial score (nSPS) is 20.8. The molecular weight excluding hydrogens is 284 g/mol. The van der Waals surface area contributed by atoms with E-state index in [1.807, 2.05) is 30.3 Å². The maximum Gasteiger partial charge on any atom is 0.214 e. The number of aryl methyl sites for hydroxylation is 1. The molecule has 1 atom stereocenters. The Bertz CT molecular complexity index is 479. The molecule has 1 aliphatic heterocycles. The van der Waals surface area contributed by atoms with Crippen LogP contribution in [0.4, 0.5) is 0 Å². The molecule has 1 aromatic rings. The third-order valence-electron chi connectivity index (χ3n) is 3.31. The van der Waals surface area contributed by atoms with E-state index in [4.69, 9.17) is 5.73 Å². The number of nitrogens with two attached hydrogens (primary N) is 1. The summed E-state index contributed by atoms with van der Waals surface area (Å²) >= 11 is 0. The van der Waals surface area contributed by atoms with E-state index in [0.717, 1.165) is 18.4 Å². The van der Waals surface area contributed by atoms with Crippen LogP contribution >= 0.6 is 12.4 Å². The van der Waals surface area contributed by atoms with Crippen molar-refractivity contribution in [3.8, 4) is 0 Å². The Morgan fingerprint density at radius 1 is 1.26 bits per heavy atom. The van der Waals surface area contributed by atoms with Crippen LogP contribution in [0.5, 0.6) is 0 Å². The zero-order chi connectivity index (χ0) is 13.0. The Labute approximate surface area is 121 Å². The molecule has 1 fully saturated rings. The Morgan fingerprint density at radius 2 is 1.95 bits per heavy atom. The SMILES string of the molecule is Cl.NC1CCCN(S(=O)(=O)CCc2ccccc2)C1. The van der Waals surface area contributed by atoms with Gasteiger partial charge in [-0.05, 0) is 24.8 Å². The fourth-order valence-electron chi connectivity index (χ4n) is 2.25. The summed E-state index contributed by atoms with van der Waals surface area (Å²) in [5, 5.41) is 0. The summed E-state index contributed by atoms with van der Waals surface area (Å²) in [7, 11) is -3.16. The maximum absolute atomic E-state index is 12.2. The van der Waals surface area contributed by atoms with Gasteiger partial charge in [-0.25, -0.2) is 12.7 Å². The number of piperidine rings is 1. The van der Waals surface area contributed by atoms with Gasteiger partial charge < -0.3 is 5.73 Å². The lowest BCUT2D eigenvalue weighted by Gasteiger charge is -2.29. The van der Waals surface area contributed by atoms with Crippen LogP contribution in [0.1, 0.15) is 18.4 Å². The summed E-state index contributed by atoms with van der Waals surface area (Å²) in [5.74, 6) is 0.170. The zero-order valence-corrected chi connectivity index (χ0v) is 12.5. The number of sulfonamides is 1. The zero-order valence-electron chi connectivity index (χ0n) is 10.9. The number of halogens is 1. The minimum absolute atomic E-state index is 0. The first-order valence-electron chi connectivity index (χ1n) is 6.35. The third kappa shape index (κ3) is 4.76. The summed E-state index contributed by atoms with van der Waals surface area (Å²) in [5.41, 5.74) is 6.88. The first-order chi connectivity index (χ1) is 8.58. The summed E-state index contributed by atoms with van der Waals surface area (Å²) in [6.45, 7) is 1.09. The van der Waals surface area contributed by atoms with Crippen molar-refractivity contribution in [3.05, 3.63) is 35.9 Å². The van der Waals surface area contributed by atoms with Crippen molar-refractivity contribution < 1.29 is 8.42 Å².